The second kappa shape index (κ2) is 11.6. The Morgan fingerprint density at radius 1 is 0.872 bits per heavy atom. The number of benzene rings is 1. The third-order valence-electron chi connectivity index (χ3n) is 9.29. The quantitative estimate of drug-likeness (QED) is 0.288. The molecule has 1 aromatic carbocycles. The number of nitrogens with two attached hydrogens (primary N) is 1. The van der Waals surface area contributed by atoms with E-state index < -0.39 is 8.32 Å². The number of fused-ring (bicyclic) bond motifs is 2. The molecule has 2 aromatic heterocycles. The first-order chi connectivity index (χ1) is 18.7. The molecule has 0 saturated carbocycles. The van der Waals surface area contributed by atoms with Crippen LogP contribution in [-0.2, 0) is 4.43 Å². The van der Waals surface area contributed by atoms with Crippen molar-refractivity contribution < 1.29 is 9.16 Å². The highest BCUT2D eigenvalue weighted by Gasteiger charge is 2.45. The van der Waals surface area contributed by atoms with E-state index in [9.17, 15) is 0 Å². The van der Waals surface area contributed by atoms with Crippen LogP contribution in [0, 0.1) is 5.92 Å². The van der Waals surface area contributed by atoms with Gasteiger partial charge in [0, 0.05) is 25.7 Å². The predicted molar refractivity (Wildman–Crippen MR) is 161 cm³/mol. The van der Waals surface area contributed by atoms with Crippen molar-refractivity contribution in [1.82, 2.24) is 14.6 Å². The van der Waals surface area contributed by atoms with Crippen molar-refractivity contribution in [3.05, 3.63) is 53.7 Å². The molecule has 1 aliphatic carbocycles. The summed E-state index contributed by atoms with van der Waals surface area (Å²) in [5.41, 5.74) is 11.5. The lowest BCUT2D eigenvalue weighted by Gasteiger charge is -2.43. The molecule has 7 nitrogen and oxygen atoms in total. The zero-order chi connectivity index (χ0) is 27.7. The van der Waals surface area contributed by atoms with Crippen LogP contribution in [0.2, 0.25) is 16.6 Å². The van der Waals surface area contributed by atoms with E-state index in [-0.39, 0.29) is 12.1 Å². The van der Waals surface area contributed by atoms with Crippen LogP contribution in [0.4, 0.5) is 5.95 Å². The summed E-state index contributed by atoms with van der Waals surface area (Å²) >= 11 is 0. The van der Waals surface area contributed by atoms with Gasteiger partial charge in [-0.05, 0) is 71.5 Å². The van der Waals surface area contributed by atoms with Gasteiger partial charge in [-0.1, -0.05) is 65.8 Å². The summed E-state index contributed by atoms with van der Waals surface area (Å²) in [4.78, 5) is 2.37. The smallest absolute Gasteiger partial charge is 0.231 e. The molecular formula is C31H47N5O2Si. The van der Waals surface area contributed by atoms with E-state index in [1.807, 2.05) is 18.3 Å². The molecule has 212 valence electrons. The highest BCUT2D eigenvalue weighted by molar-refractivity contribution is 6.77. The number of anilines is 1. The molecule has 3 heterocycles. The Bertz CT molecular complexity index is 1230. The standard InChI is InChI=1S/C31H47N5O2Si/c1-21(2)39(22(3)4,23(5)6)37-20-24-15-17-35(18-16-24)31-34-33-30-14-11-25(19-36(30)31)38-29-13-12-28(32)26-9-7-8-10-27(26)29/h7-11,14,19,21-24,28-29H,12-13,15-18,20,32H2,1-6H3/t28?,29-/m1/s1. The van der Waals surface area contributed by atoms with E-state index >= 15 is 0 Å². The Hall–Kier alpha value is -2.42. The lowest BCUT2D eigenvalue weighted by Crippen LogP contribution is -2.49. The molecule has 1 aliphatic heterocycles. The molecule has 5 rings (SSSR count). The zero-order valence-corrected chi connectivity index (χ0v) is 25.6. The number of pyridine rings is 1. The Labute approximate surface area is 235 Å². The molecule has 1 unspecified atom stereocenters. The summed E-state index contributed by atoms with van der Waals surface area (Å²) in [6.07, 6.45) is 6.12. The monoisotopic (exact) mass is 549 g/mol. The van der Waals surface area contributed by atoms with Crippen molar-refractivity contribution >= 4 is 19.9 Å². The number of hydrogen-bond acceptors (Lipinski definition) is 6. The van der Waals surface area contributed by atoms with Gasteiger partial charge in [-0.2, -0.15) is 0 Å². The van der Waals surface area contributed by atoms with Gasteiger partial charge in [-0.3, -0.25) is 4.40 Å². The van der Waals surface area contributed by atoms with Crippen LogP contribution in [0.25, 0.3) is 5.65 Å². The van der Waals surface area contributed by atoms with Crippen LogP contribution in [0.5, 0.6) is 5.75 Å². The fourth-order valence-electron chi connectivity index (χ4n) is 7.28. The topological polar surface area (TPSA) is 77.9 Å². The molecule has 2 aliphatic rings. The van der Waals surface area contributed by atoms with E-state index in [0.29, 0.717) is 22.5 Å². The van der Waals surface area contributed by atoms with Crippen LogP contribution in [0.15, 0.2) is 42.6 Å². The van der Waals surface area contributed by atoms with Gasteiger partial charge < -0.3 is 19.8 Å². The zero-order valence-electron chi connectivity index (χ0n) is 24.6. The molecule has 1 fully saturated rings. The average Bonchev–Trinajstić information content (AvgIpc) is 3.34. The van der Waals surface area contributed by atoms with E-state index in [0.717, 1.165) is 62.7 Å². The molecule has 8 heteroatoms. The minimum atomic E-state index is -1.83. The van der Waals surface area contributed by atoms with Crippen LogP contribution in [0.3, 0.4) is 0 Å². The van der Waals surface area contributed by atoms with Crippen LogP contribution < -0.4 is 15.4 Å². The molecule has 0 radical (unpaired) electrons. The van der Waals surface area contributed by atoms with Gasteiger partial charge >= 0.3 is 0 Å². The third kappa shape index (κ3) is 5.48. The predicted octanol–water partition coefficient (Wildman–Crippen LogP) is 7.05. The van der Waals surface area contributed by atoms with Gasteiger partial charge in [0.15, 0.2) is 14.0 Å². The molecule has 0 spiro atoms. The van der Waals surface area contributed by atoms with Crippen LogP contribution in [0.1, 0.15) is 90.5 Å². The summed E-state index contributed by atoms with van der Waals surface area (Å²) in [7, 11) is -1.83. The van der Waals surface area contributed by atoms with Gasteiger partial charge in [0.05, 0.1) is 6.20 Å². The number of nitrogens with zero attached hydrogens (tertiary/aromatic N) is 4. The Balaban J connectivity index is 1.25. The van der Waals surface area contributed by atoms with E-state index in [1.165, 1.54) is 11.1 Å². The van der Waals surface area contributed by atoms with Crippen LogP contribution >= 0.6 is 0 Å². The number of rotatable bonds is 9. The molecule has 39 heavy (non-hydrogen) atoms. The average molecular weight is 550 g/mol. The minimum absolute atomic E-state index is 0.00677. The Morgan fingerprint density at radius 2 is 1.54 bits per heavy atom. The number of hydrogen-bond donors (Lipinski definition) is 1. The molecule has 3 aromatic rings. The summed E-state index contributed by atoms with van der Waals surface area (Å²) in [5.74, 6) is 2.33. The number of aromatic nitrogens is 3. The van der Waals surface area contributed by atoms with Crippen molar-refractivity contribution in [3.8, 4) is 5.75 Å². The Morgan fingerprint density at radius 3 is 2.21 bits per heavy atom. The maximum atomic E-state index is 6.93. The van der Waals surface area contributed by atoms with Crippen LogP contribution in [-0.4, -0.2) is 42.6 Å². The molecule has 0 amide bonds. The highest BCUT2D eigenvalue weighted by atomic mass is 28.4. The van der Waals surface area contributed by atoms with Crippen molar-refractivity contribution in [2.45, 2.75) is 96.0 Å². The maximum Gasteiger partial charge on any atom is 0.231 e. The van der Waals surface area contributed by atoms with Gasteiger partial charge in [0.2, 0.25) is 5.95 Å². The third-order valence-corrected chi connectivity index (χ3v) is 15.4. The van der Waals surface area contributed by atoms with Gasteiger partial charge in [0.25, 0.3) is 0 Å². The van der Waals surface area contributed by atoms with E-state index in [4.69, 9.17) is 14.9 Å². The lowest BCUT2D eigenvalue weighted by molar-refractivity contribution is 0.176. The summed E-state index contributed by atoms with van der Waals surface area (Å²) < 4.78 is 15.5. The van der Waals surface area contributed by atoms with Gasteiger partial charge in [0.1, 0.15) is 11.9 Å². The minimum Gasteiger partial charge on any atom is -0.484 e. The lowest BCUT2D eigenvalue weighted by atomic mass is 9.86. The fraction of sp³-hybridized carbons (Fsp3) is 0.613. The number of piperidine rings is 1. The van der Waals surface area contributed by atoms with Crippen molar-refractivity contribution in [1.29, 1.82) is 0 Å². The van der Waals surface area contributed by atoms with Crippen molar-refractivity contribution in [2.75, 3.05) is 24.6 Å². The molecule has 0 bridgehead atoms. The molecular weight excluding hydrogens is 502 g/mol. The largest absolute Gasteiger partial charge is 0.484 e. The summed E-state index contributed by atoms with van der Waals surface area (Å²) in [6, 6.07) is 12.5. The molecule has 2 atom stereocenters. The van der Waals surface area contributed by atoms with Gasteiger partial charge in [-0.15, -0.1) is 10.2 Å². The first kappa shape index (κ1) is 28.1. The van der Waals surface area contributed by atoms with Gasteiger partial charge in [-0.25, -0.2) is 0 Å². The van der Waals surface area contributed by atoms with Crippen molar-refractivity contribution in [2.24, 2.45) is 11.7 Å². The second-order valence-electron chi connectivity index (χ2n) is 12.6. The highest BCUT2D eigenvalue weighted by Crippen LogP contribution is 2.43. The summed E-state index contributed by atoms with van der Waals surface area (Å²) in [6.45, 7) is 17.0. The fourth-order valence-corrected chi connectivity index (χ4v) is 12.8. The molecule has 1 saturated heterocycles. The first-order valence-electron chi connectivity index (χ1n) is 15.0. The van der Waals surface area contributed by atoms with Crippen molar-refractivity contribution in [3.63, 3.8) is 0 Å². The maximum absolute atomic E-state index is 6.93. The van der Waals surface area contributed by atoms with E-state index in [1.54, 1.807) is 0 Å². The van der Waals surface area contributed by atoms with E-state index in [2.05, 4.69) is 85.3 Å². The SMILES string of the molecule is CC(C)[Si](OCC1CCN(c2nnc3ccc(O[C@@H]4CCC(N)c5ccccc54)cn23)CC1)(C(C)C)C(C)C. The first-order valence-corrected chi connectivity index (χ1v) is 17.1. The normalized spacial score (nSPS) is 20.8. The number of ether oxygens (including phenoxy) is 1. The second-order valence-corrected chi connectivity index (χ2v) is 18.0. The Kier molecular flexibility index (Phi) is 8.36. The molecule has 2 N–H and O–H groups in total. The summed E-state index contributed by atoms with van der Waals surface area (Å²) in [5, 5.41) is 9.03.